The smallest absolute Gasteiger partial charge is 0.264 e. The molecule has 2 heterocycles. The fourth-order valence-electron chi connectivity index (χ4n) is 3.36. The zero-order valence-corrected chi connectivity index (χ0v) is 16.3. The second kappa shape index (κ2) is 6.89. The Labute approximate surface area is 156 Å². The lowest BCUT2D eigenvalue weighted by Gasteiger charge is -2.22. The van der Waals surface area contributed by atoms with Gasteiger partial charge < -0.3 is 4.90 Å². The van der Waals surface area contributed by atoms with Crippen molar-refractivity contribution in [1.82, 2.24) is 9.88 Å². The predicted octanol–water partition coefficient (Wildman–Crippen LogP) is 5.46. The summed E-state index contributed by atoms with van der Waals surface area (Å²) >= 11 is 3.37. The number of hydrogen-bond acceptors (Lipinski definition) is 4. The second-order valence-corrected chi connectivity index (χ2v) is 8.93. The summed E-state index contributed by atoms with van der Waals surface area (Å²) in [7, 11) is 1.89. The van der Waals surface area contributed by atoms with Crippen LogP contribution in [0.1, 0.15) is 57.3 Å². The molecular formula is C20H22N2OS2. The Balaban J connectivity index is 1.57. The third kappa shape index (κ3) is 3.23. The standard InChI is InChI=1S/C20H22N2OS2/c1-13(19-21-15-9-6-7-11-17(15)25-19)22(2)20(23)18-12-14-8-4-3-5-10-16(14)24-18/h6-7,9,11-13H,3-5,8,10H2,1-2H3/t13-/m0/s1. The van der Waals surface area contributed by atoms with Crippen LogP contribution in [0, 0.1) is 0 Å². The van der Waals surface area contributed by atoms with Crippen LogP contribution in [0.4, 0.5) is 0 Å². The molecule has 3 nitrogen and oxygen atoms in total. The van der Waals surface area contributed by atoms with Crippen molar-refractivity contribution in [3.05, 3.63) is 50.7 Å². The molecule has 1 aromatic carbocycles. The van der Waals surface area contributed by atoms with Crippen molar-refractivity contribution in [2.75, 3.05) is 7.05 Å². The van der Waals surface area contributed by atoms with Crippen LogP contribution in [-0.4, -0.2) is 22.8 Å². The van der Waals surface area contributed by atoms with Crippen LogP contribution in [0.5, 0.6) is 0 Å². The SMILES string of the molecule is C[C@@H](c1nc2ccccc2s1)N(C)C(=O)c1cc2c(s1)CCCCC2. The quantitative estimate of drug-likeness (QED) is 0.574. The molecule has 1 atom stereocenters. The highest BCUT2D eigenvalue weighted by Gasteiger charge is 2.24. The van der Waals surface area contributed by atoms with Gasteiger partial charge in [0.25, 0.3) is 5.91 Å². The first-order valence-corrected chi connectivity index (χ1v) is 10.5. The molecule has 5 heteroatoms. The number of carbonyl (C=O) groups excluding carboxylic acids is 1. The van der Waals surface area contributed by atoms with Gasteiger partial charge in [-0.15, -0.1) is 22.7 Å². The van der Waals surface area contributed by atoms with E-state index in [1.165, 1.54) is 34.4 Å². The molecule has 0 radical (unpaired) electrons. The summed E-state index contributed by atoms with van der Waals surface area (Å²) in [6.45, 7) is 2.06. The fourth-order valence-corrected chi connectivity index (χ4v) is 5.66. The highest BCUT2D eigenvalue weighted by atomic mass is 32.1. The zero-order valence-electron chi connectivity index (χ0n) is 14.6. The number of nitrogens with zero attached hydrogens (tertiary/aromatic N) is 2. The van der Waals surface area contributed by atoms with Crippen molar-refractivity contribution in [2.24, 2.45) is 0 Å². The van der Waals surface area contributed by atoms with Crippen LogP contribution < -0.4 is 0 Å². The molecule has 4 rings (SSSR count). The molecule has 2 aromatic heterocycles. The molecule has 1 aliphatic rings. The first-order chi connectivity index (χ1) is 12.1. The molecule has 0 saturated carbocycles. The number of rotatable bonds is 3. The van der Waals surface area contributed by atoms with Gasteiger partial charge in [0, 0.05) is 11.9 Å². The number of amides is 1. The van der Waals surface area contributed by atoms with E-state index in [9.17, 15) is 4.79 Å². The van der Waals surface area contributed by atoms with E-state index in [1.807, 2.05) is 30.1 Å². The molecule has 0 saturated heterocycles. The van der Waals surface area contributed by atoms with Crippen LogP contribution in [0.3, 0.4) is 0 Å². The maximum absolute atomic E-state index is 13.0. The lowest BCUT2D eigenvalue weighted by atomic mass is 10.1. The largest absolute Gasteiger partial charge is 0.332 e. The van der Waals surface area contributed by atoms with Gasteiger partial charge >= 0.3 is 0 Å². The van der Waals surface area contributed by atoms with Gasteiger partial charge in [-0.3, -0.25) is 4.79 Å². The summed E-state index contributed by atoms with van der Waals surface area (Å²) in [5, 5.41) is 0.996. The average Bonchev–Trinajstić information content (AvgIpc) is 3.18. The summed E-state index contributed by atoms with van der Waals surface area (Å²) in [6.07, 6.45) is 6.05. The van der Waals surface area contributed by atoms with E-state index in [2.05, 4.69) is 19.1 Å². The molecule has 25 heavy (non-hydrogen) atoms. The summed E-state index contributed by atoms with van der Waals surface area (Å²) < 4.78 is 1.17. The van der Waals surface area contributed by atoms with Gasteiger partial charge in [0.15, 0.2) is 0 Å². The number of aryl methyl sites for hydroxylation is 2. The molecule has 0 unspecified atom stereocenters. The summed E-state index contributed by atoms with van der Waals surface area (Å²) in [4.78, 5) is 21.8. The third-order valence-electron chi connectivity index (χ3n) is 5.03. The van der Waals surface area contributed by atoms with Gasteiger partial charge in [0.05, 0.1) is 21.1 Å². The number of hydrogen-bond donors (Lipinski definition) is 0. The number of thiophene rings is 1. The number of para-hydroxylation sites is 1. The molecule has 0 bridgehead atoms. The van der Waals surface area contributed by atoms with Crippen LogP contribution >= 0.6 is 22.7 Å². The molecular weight excluding hydrogens is 348 g/mol. The third-order valence-corrected chi connectivity index (χ3v) is 7.46. The van der Waals surface area contributed by atoms with Crippen molar-refractivity contribution in [2.45, 2.75) is 45.1 Å². The van der Waals surface area contributed by atoms with Crippen molar-refractivity contribution < 1.29 is 4.79 Å². The predicted molar refractivity (Wildman–Crippen MR) is 106 cm³/mol. The Morgan fingerprint density at radius 1 is 1.16 bits per heavy atom. The second-order valence-electron chi connectivity index (χ2n) is 6.73. The maximum Gasteiger partial charge on any atom is 0.264 e. The van der Waals surface area contributed by atoms with Gasteiger partial charge in [0.2, 0.25) is 0 Å². The minimum Gasteiger partial charge on any atom is -0.332 e. The Morgan fingerprint density at radius 3 is 2.80 bits per heavy atom. The van der Waals surface area contributed by atoms with E-state index in [-0.39, 0.29) is 11.9 Å². The van der Waals surface area contributed by atoms with Crippen LogP contribution in [0.25, 0.3) is 10.2 Å². The summed E-state index contributed by atoms with van der Waals surface area (Å²) in [6, 6.07) is 10.3. The molecule has 0 aliphatic heterocycles. The molecule has 0 fully saturated rings. The van der Waals surface area contributed by atoms with Gasteiger partial charge in [-0.05, 0) is 56.4 Å². The molecule has 3 aromatic rings. The van der Waals surface area contributed by atoms with Gasteiger partial charge in [0.1, 0.15) is 5.01 Å². The normalized spacial score (nSPS) is 15.6. The highest BCUT2D eigenvalue weighted by Crippen LogP contribution is 2.33. The minimum atomic E-state index is -0.0215. The van der Waals surface area contributed by atoms with E-state index in [0.717, 1.165) is 28.2 Å². The highest BCUT2D eigenvalue weighted by molar-refractivity contribution is 7.18. The van der Waals surface area contributed by atoms with Crippen LogP contribution in [0.15, 0.2) is 30.3 Å². The molecule has 1 amide bonds. The maximum atomic E-state index is 13.0. The minimum absolute atomic E-state index is 0.0215. The average molecular weight is 371 g/mol. The molecule has 130 valence electrons. The Hall–Kier alpha value is -1.72. The van der Waals surface area contributed by atoms with E-state index >= 15 is 0 Å². The molecule has 0 spiro atoms. The van der Waals surface area contributed by atoms with Crippen LogP contribution in [0.2, 0.25) is 0 Å². The van der Waals surface area contributed by atoms with E-state index < -0.39 is 0 Å². The van der Waals surface area contributed by atoms with E-state index in [1.54, 1.807) is 22.7 Å². The Bertz CT molecular complexity index is 855. The van der Waals surface area contributed by atoms with Crippen molar-refractivity contribution in [3.8, 4) is 0 Å². The number of carbonyl (C=O) groups is 1. The lowest BCUT2D eigenvalue weighted by Crippen LogP contribution is -2.29. The van der Waals surface area contributed by atoms with Gasteiger partial charge in [-0.25, -0.2) is 4.98 Å². The Kier molecular flexibility index (Phi) is 4.61. The number of thiazole rings is 1. The first kappa shape index (κ1) is 16.7. The van der Waals surface area contributed by atoms with Crippen LogP contribution in [-0.2, 0) is 12.8 Å². The van der Waals surface area contributed by atoms with Crippen molar-refractivity contribution >= 4 is 38.8 Å². The van der Waals surface area contributed by atoms with E-state index in [4.69, 9.17) is 4.98 Å². The van der Waals surface area contributed by atoms with Crippen molar-refractivity contribution in [3.63, 3.8) is 0 Å². The number of aromatic nitrogens is 1. The molecule has 0 N–H and O–H groups in total. The van der Waals surface area contributed by atoms with Gasteiger partial charge in [-0.1, -0.05) is 18.6 Å². The van der Waals surface area contributed by atoms with Gasteiger partial charge in [-0.2, -0.15) is 0 Å². The molecule has 1 aliphatic carbocycles. The summed E-state index contributed by atoms with van der Waals surface area (Å²) in [5.41, 5.74) is 2.41. The fraction of sp³-hybridized carbons (Fsp3) is 0.400. The first-order valence-electron chi connectivity index (χ1n) is 8.87. The number of fused-ring (bicyclic) bond motifs is 2. The zero-order chi connectivity index (χ0) is 17.4. The topological polar surface area (TPSA) is 33.2 Å². The Morgan fingerprint density at radius 2 is 1.96 bits per heavy atom. The monoisotopic (exact) mass is 370 g/mol. The van der Waals surface area contributed by atoms with Crippen molar-refractivity contribution in [1.29, 1.82) is 0 Å². The summed E-state index contributed by atoms with van der Waals surface area (Å²) in [5.74, 6) is 0.116. The van der Waals surface area contributed by atoms with E-state index in [0.29, 0.717) is 0 Å². The lowest BCUT2D eigenvalue weighted by molar-refractivity contribution is 0.0747. The number of benzene rings is 1.